The number of amides is 2. The molecule has 1 aliphatic carbocycles. The molecule has 2 aromatic carbocycles. The van der Waals surface area contributed by atoms with E-state index in [1.54, 1.807) is 0 Å². The van der Waals surface area contributed by atoms with Crippen molar-refractivity contribution in [2.45, 2.75) is 24.4 Å². The standard InChI is InChI=1S/C23H24N2O6/c1-30-13-19(21(26)25-11-10-20(25)22(27)28)24-23(29)31-12-18-16-8-4-2-6-14(16)15-7-3-5-9-17(15)18/h2-9,18-20H,10-13H2,1H3,(H,24,29)(H,27,28)/t19-,20?/m0/s1. The zero-order chi connectivity index (χ0) is 22.0. The molecular formula is C23H24N2O6. The molecule has 8 heteroatoms. The summed E-state index contributed by atoms with van der Waals surface area (Å²) in [5.41, 5.74) is 4.42. The van der Waals surface area contributed by atoms with Gasteiger partial charge >= 0.3 is 12.1 Å². The molecule has 1 aliphatic heterocycles. The van der Waals surface area contributed by atoms with E-state index >= 15 is 0 Å². The lowest BCUT2D eigenvalue weighted by atomic mass is 9.98. The number of nitrogens with one attached hydrogen (secondary N) is 1. The number of alkyl carbamates (subject to hydrolysis) is 1. The summed E-state index contributed by atoms with van der Waals surface area (Å²) in [4.78, 5) is 37.6. The average Bonchev–Trinajstić information content (AvgIpc) is 3.04. The molecule has 1 fully saturated rings. The lowest BCUT2D eigenvalue weighted by Crippen LogP contribution is -2.61. The van der Waals surface area contributed by atoms with Crippen LogP contribution in [-0.4, -0.2) is 66.9 Å². The number of carboxylic acid groups (broad SMARTS) is 1. The quantitative estimate of drug-likeness (QED) is 0.706. The van der Waals surface area contributed by atoms with E-state index in [4.69, 9.17) is 9.47 Å². The molecular weight excluding hydrogens is 400 g/mol. The minimum absolute atomic E-state index is 0.0775. The number of nitrogens with zero attached hydrogens (tertiary/aromatic N) is 1. The first-order valence-corrected chi connectivity index (χ1v) is 10.1. The number of benzene rings is 2. The first-order chi connectivity index (χ1) is 15.0. The number of methoxy groups -OCH3 is 1. The summed E-state index contributed by atoms with van der Waals surface area (Å²) in [6, 6.07) is 14.1. The van der Waals surface area contributed by atoms with Crippen molar-refractivity contribution in [3.8, 4) is 11.1 Å². The van der Waals surface area contributed by atoms with Crippen molar-refractivity contribution in [3.63, 3.8) is 0 Å². The minimum atomic E-state index is -1.06. The van der Waals surface area contributed by atoms with Crippen molar-refractivity contribution in [2.75, 3.05) is 26.9 Å². The molecule has 31 heavy (non-hydrogen) atoms. The number of fused-ring (bicyclic) bond motifs is 3. The predicted octanol–water partition coefficient (Wildman–Crippen LogP) is 2.23. The summed E-state index contributed by atoms with van der Waals surface area (Å²) in [5.74, 6) is -1.65. The van der Waals surface area contributed by atoms with Crippen LogP contribution >= 0.6 is 0 Å². The highest BCUT2D eigenvalue weighted by Crippen LogP contribution is 2.44. The number of hydrogen-bond donors (Lipinski definition) is 2. The number of rotatable bonds is 7. The van der Waals surface area contributed by atoms with Gasteiger partial charge in [0.05, 0.1) is 6.61 Å². The fraction of sp³-hybridized carbons (Fsp3) is 0.348. The van der Waals surface area contributed by atoms with E-state index in [0.29, 0.717) is 13.0 Å². The van der Waals surface area contributed by atoms with E-state index in [1.165, 1.54) is 12.0 Å². The van der Waals surface area contributed by atoms with Crippen LogP contribution in [0.2, 0.25) is 0 Å². The molecule has 0 radical (unpaired) electrons. The Morgan fingerprint density at radius 2 is 1.71 bits per heavy atom. The summed E-state index contributed by atoms with van der Waals surface area (Å²) in [7, 11) is 1.41. The lowest BCUT2D eigenvalue weighted by molar-refractivity contribution is -0.158. The van der Waals surface area contributed by atoms with Crippen LogP contribution in [0.25, 0.3) is 11.1 Å². The number of hydrogen-bond acceptors (Lipinski definition) is 5. The van der Waals surface area contributed by atoms with Gasteiger partial charge in [-0.2, -0.15) is 0 Å². The molecule has 1 unspecified atom stereocenters. The second-order valence-corrected chi connectivity index (χ2v) is 7.65. The smallest absolute Gasteiger partial charge is 0.407 e. The van der Waals surface area contributed by atoms with Crippen LogP contribution < -0.4 is 5.32 Å². The van der Waals surface area contributed by atoms with Gasteiger partial charge in [-0.3, -0.25) is 4.79 Å². The molecule has 2 amide bonds. The van der Waals surface area contributed by atoms with Crippen LogP contribution in [0.1, 0.15) is 23.5 Å². The lowest BCUT2D eigenvalue weighted by Gasteiger charge is -2.39. The Labute approximate surface area is 179 Å². The molecule has 1 heterocycles. The summed E-state index contributed by atoms with van der Waals surface area (Å²) < 4.78 is 10.5. The summed E-state index contributed by atoms with van der Waals surface area (Å²) in [6.45, 7) is 0.378. The van der Waals surface area contributed by atoms with Gasteiger partial charge in [-0.1, -0.05) is 48.5 Å². The van der Waals surface area contributed by atoms with Crippen LogP contribution in [0.4, 0.5) is 4.79 Å². The Morgan fingerprint density at radius 1 is 1.10 bits per heavy atom. The highest BCUT2D eigenvalue weighted by Gasteiger charge is 2.41. The highest BCUT2D eigenvalue weighted by atomic mass is 16.5. The molecule has 2 aliphatic rings. The molecule has 2 N–H and O–H groups in total. The Balaban J connectivity index is 1.41. The number of aliphatic carboxylic acids is 1. The predicted molar refractivity (Wildman–Crippen MR) is 112 cm³/mol. The molecule has 0 saturated carbocycles. The third-order valence-electron chi connectivity index (χ3n) is 5.85. The van der Waals surface area contributed by atoms with E-state index < -0.39 is 30.1 Å². The molecule has 0 aromatic heterocycles. The number of ether oxygens (including phenoxy) is 2. The average molecular weight is 424 g/mol. The van der Waals surface area contributed by atoms with Crippen molar-refractivity contribution >= 4 is 18.0 Å². The third-order valence-corrected chi connectivity index (χ3v) is 5.85. The Hall–Kier alpha value is -3.39. The van der Waals surface area contributed by atoms with Crippen LogP contribution in [-0.2, 0) is 19.1 Å². The van der Waals surface area contributed by atoms with Crippen molar-refractivity contribution in [3.05, 3.63) is 59.7 Å². The maximum Gasteiger partial charge on any atom is 0.407 e. The molecule has 1 saturated heterocycles. The van der Waals surface area contributed by atoms with Crippen LogP contribution in [0.15, 0.2) is 48.5 Å². The normalized spacial score (nSPS) is 17.8. The largest absolute Gasteiger partial charge is 0.480 e. The maximum atomic E-state index is 12.7. The topological polar surface area (TPSA) is 105 Å². The van der Waals surface area contributed by atoms with Gasteiger partial charge in [-0.25, -0.2) is 9.59 Å². The van der Waals surface area contributed by atoms with Gasteiger partial charge in [0, 0.05) is 19.6 Å². The van der Waals surface area contributed by atoms with Gasteiger partial charge in [0.1, 0.15) is 18.7 Å². The molecule has 0 spiro atoms. The van der Waals surface area contributed by atoms with E-state index in [0.717, 1.165) is 22.3 Å². The Morgan fingerprint density at radius 3 is 2.23 bits per heavy atom. The van der Waals surface area contributed by atoms with Crippen LogP contribution in [0.3, 0.4) is 0 Å². The fourth-order valence-corrected chi connectivity index (χ4v) is 4.23. The van der Waals surface area contributed by atoms with Gasteiger partial charge in [0.15, 0.2) is 0 Å². The van der Waals surface area contributed by atoms with E-state index in [9.17, 15) is 19.5 Å². The third kappa shape index (κ3) is 3.98. The molecule has 2 atom stereocenters. The van der Waals surface area contributed by atoms with Crippen molar-refractivity contribution in [1.82, 2.24) is 10.2 Å². The molecule has 8 nitrogen and oxygen atoms in total. The Bertz CT molecular complexity index is 962. The van der Waals surface area contributed by atoms with E-state index in [1.807, 2.05) is 48.5 Å². The zero-order valence-electron chi connectivity index (χ0n) is 17.1. The first-order valence-electron chi connectivity index (χ1n) is 10.1. The summed E-state index contributed by atoms with van der Waals surface area (Å²) in [6.07, 6.45) is -0.351. The fourth-order valence-electron chi connectivity index (χ4n) is 4.23. The second kappa shape index (κ2) is 8.77. The highest BCUT2D eigenvalue weighted by molar-refractivity contribution is 5.90. The van der Waals surface area contributed by atoms with E-state index in [2.05, 4.69) is 5.32 Å². The van der Waals surface area contributed by atoms with Crippen molar-refractivity contribution in [1.29, 1.82) is 0 Å². The molecule has 162 valence electrons. The van der Waals surface area contributed by atoms with E-state index in [-0.39, 0.29) is 19.1 Å². The summed E-state index contributed by atoms with van der Waals surface area (Å²) in [5, 5.41) is 11.7. The van der Waals surface area contributed by atoms with Gasteiger partial charge < -0.3 is 24.8 Å². The van der Waals surface area contributed by atoms with Crippen LogP contribution in [0, 0.1) is 0 Å². The first kappa shape index (κ1) is 20.9. The van der Waals surface area contributed by atoms with Gasteiger partial charge in [-0.15, -0.1) is 0 Å². The Kier molecular flexibility index (Phi) is 5.90. The minimum Gasteiger partial charge on any atom is -0.480 e. The second-order valence-electron chi connectivity index (χ2n) is 7.65. The molecule has 0 bridgehead atoms. The number of carbonyl (C=O) groups is 3. The monoisotopic (exact) mass is 424 g/mol. The number of carboxylic acids is 1. The maximum absolute atomic E-state index is 12.7. The zero-order valence-corrected chi connectivity index (χ0v) is 17.1. The van der Waals surface area contributed by atoms with Gasteiger partial charge in [-0.05, 0) is 28.7 Å². The molecule has 2 aromatic rings. The SMILES string of the molecule is COC[C@H](NC(=O)OCC1c2ccccc2-c2ccccc21)C(=O)N1CCC1C(=O)O. The van der Waals surface area contributed by atoms with Crippen molar-refractivity contribution < 1.29 is 29.0 Å². The molecule has 4 rings (SSSR count). The van der Waals surface area contributed by atoms with Gasteiger partial charge in [0.2, 0.25) is 5.91 Å². The van der Waals surface area contributed by atoms with Gasteiger partial charge in [0.25, 0.3) is 0 Å². The van der Waals surface area contributed by atoms with Crippen molar-refractivity contribution in [2.24, 2.45) is 0 Å². The summed E-state index contributed by atoms with van der Waals surface area (Å²) >= 11 is 0. The number of likely N-dealkylation sites (tertiary alicyclic amines) is 1. The van der Waals surface area contributed by atoms with Crippen LogP contribution in [0.5, 0.6) is 0 Å². The number of carbonyl (C=O) groups excluding carboxylic acids is 2.